The van der Waals surface area contributed by atoms with Gasteiger partial charge in [0.2, 0.25) is 0 Å². The highest BCUT2D eigenvalue weighted by Crippen LogP contribution is 2.33. The molecule has 0 fully saturated rings. The van der Waals surface area contributed by atoms with E-state index in [4.69, 9.17) is 0 Å². The van der Waals surface area contributed by atoms with Gasteiger partial charge in [-0.15, -0.1) is 0 Å². The van der Waals surface area contributed by atoms with Crippen LogP contribution in [0.5, 0.6) is 0 Å². The minimum Gasteiger partial charge on any atom is -0.340 e. The van der Waals surface area contributed by atoms with Crippen molar-refractivity contribution in [1.29, 1.82) is 0 Å². The number of sulfone groups is 1. The van der Waals surface area contributed by atoms with E-state index in [1.54, 1.807) is 24.3 Å². The van der Waals surface area contributed by atoms with E-state index in [-0.39, 0.29) is 22.6 Å². The second-order valence-electron chi connectivity index (χ2n) is 7.55. The van der Waals surface area contributed by atoms with Crippen molar-refractivity contribution in [2.75, 3.05) is 5.75 Å². The zero-order chi connectivity index (χ0) is 22.0. The van der Waals surface area contributed by atoms with Crippen molar-refractivity contribution in [3.05, 3.63) is 95.8 Å². The highest BCUT2D eigenvalue weighted by molar-refractivity contribution is 7.91. The lowest BCUT2D eigenvalue weighted by Crippen LogP contribution is -2.21. The Labute approximate surface area is 182 Å². The summed E-state index contributed by atoms with van der Waals surface area (Å²) in [7, 11) is -3.59. The van der Waals surface area contributed by atoms with Gasteiger partial charge in [0.25, 0.3) is 0 Å². The van der Waals surface area contributed by atoms with E-state index in [0.717, 1.165) is 16.6 Å². The number of hydrogen-bond acceptors (Lipinski definition) is 4. The number of aromatic nitrogens is 2. The van der Waals surface area contributed by atoms with E-state index < -0.39 is 9.84 Å². The lowest BCUT2D eigenvalue weighted by molar-refractivity contribution is 0.103. The molecule has 4 rings (SSSR count). The average Bonchev–Trinajstić information content (AvgIpc) is 3.10. The van der Waals surface area contributed by atoms with Crippen LogP contribution in [0.4, 0.5) is 0 Å². The van der Waals surface area contributed by atoms with Crippen LogP contribution >= 0.6 is 0 Å². The number of carbonyl (C=O) groups excluding carboxylic acids is 1. The second-order valence-corrected chi connectivity index (χ2v) is 9.54. The maximum atomic E-state index is 13.4. The number of nitrogens with zero attached hydrogens (tertiary/aromatic N) is 2. The second kappa shape index (κ2) is 8.47. The van der Waals surface area contributed by atoms with Gasteiger partial charge in [0, 0.05) is 34.4 Å². The van der Waals surface area contributed by atoms with E-state index in [1.165, 1.54) is 12.3 Å². The summed E-state index contributed by atoms with van der Waals surface area (Å²) >= 11 is 0. The fraction of sp³-hybridized carbons (Fsp3) is 0.200. The molecule has 158 valence electrons. The topological polar surface area (TPSA) is 69.0 Å². The van der Waals surface area contributed by atoms with Crippen molar-refractivity contribution in [2.45, 2.75) is 31.3 Å². The molecule has 0 aliphatic rings. The van der Waals surface area contributed by atoms with Gasteiger partial charge in [-0.3, -0.25) is 4.79 Å². The SMILES string of the molecule is CCC(CS(=O)(=O)c1ccccn1)n1c(C)c(C(=O)c2ccccc2)c2ccccc21. The Kier molecular flexibility index (Phi) is 5.74. The molecule has 0 saturated carbocycles. The van der Waals surface area contributed by atoms with Crippen LogP contribution in [0.15, 0.2) is 84.0 Å². The Hall–Kier alpha value is -3.25. The van der Waals surface area contributed by atoms with Crippen LogP contribution in [0.1, 0.15) is 41.0 Å². The number of carbonyl (C=O) groups is 1. The van der Waals surface area contributed by atoms with Gasteiger partial charge in [-0.05, 0) is 31.5 Å². The summed E-state index contributed by atoms with van der Waals surface area (Å²) in [5.74, 6) is -0.144. The van der Waals surface area contributed by atoms with Crippen molar-refractivity contribution in [2.24, 2.45) is 0 Å². The van der Waals surface area contributed by atoms with Crippen LogP contribution in [-0.2, 0) is 9.84 Å². The van der Waals surface area contributed by atoms with E-state index in [2.05, 4.69) is 4.98 Å². The summed E-state index contributed by atoms with van der Waals surface area (Å²) in [5, 5.41) is 0.908. The van der Waals surface area contributed by atoms with Crippen molar-refractivity contribution in [3.8, 4) is 0 Å². The molecule has 0 amide bonds. The zero-order valence-corrected chi connectivity index (χ0v) is 18.3. The largest absolute Gasteiger partial charge is 0.340 e. The van der Waals surface area contributed by atoms with Crippen LogP contribution < -0.4 is 0 Å². The van der Waals surface area contributed by atoms with Gasteiger partial charge in [0.15, 0.2) is 20.6 Å². The first-order chi connectivity index (χ1) is 14.9. The molecule has 6 heteroatoms. The maximum absolute atomic E-state index is 13.4. The van der Waals surface area contributed by atoms with Gasteiger partial charge in [-0.25, -0.2) is 13.4 Å². The Bertz CT molecular complexity index is 1330. The van der Waals surface area contributed by atoms with Crippen LogP contribution in [0.2, 0.25) is 0 Å². The first-order valence-electron chi connectivity index (χ1n) is 10.3. The summed E-state index contributed by atoms with van der Waals surface area (Å²) in [4.78, 5) is 17.4. The predicted octanol–water partition coefficient (Wildman–Crippen LogP) is 5.00. The minimum atomic E-state index is -3.59. The Balaban J connectivity index is 1.84. The highest BCUT2D eigenvalue weighted by atomic mass is 32.2. The summed E-state index contributed by atoms with van der Waals surface area (Å²) in [5.41, 5.74) is 2.87. The van der Waals surface area contributed by atoms with Gasteiger partial charge in [-0.1, -0.05) is 61.5 Å². The monoisotopic (exact) mass is 432 g/mol. The van der Waals surface area contributed by atoms with Crippen molar-refractivity contribution < 1.29 is 13.2 Å². The summed E-state index contributed by atoms with van der Waals surface area (Å²) in [6, 6.07) is 21.4. The minimum absolute atomic E-state index is 0.0597. The Morgan fingerprint density at radius 1 is 0.968 bits per heavy atom. The van der Waals surface area contributed by atoms with Gasteiger partial charge in [-0.2, -0.15) is 0 Å². The summed E-state index contributed by atoms with van der Waals surface area (Å²) in [6.07, 6.45) is 2.09. The van der Waals surface area contributed by atoms with Crippen molar-refractivity contribution in [1.82, 2.24) is 9.55 Å². The molecule has 0 radical (unpaired) electrons. The van der Waals surface area contributed by atoms with Crippen molar-refractivity contribution in [3.63, 3.8) is 0 Å². The third-order valence-corrected chi connectivity index (χ3v) is 7.33. The van der Waals surface area contributed by atoms with Crippen molar-refractivity contribution >= 4 is 26.5 Å². The van der Waals surface area contributed by atoms with Gasteiger partial charge < -0.3 is 4.57 Å². The first-order valence-corrected chi connectivity index (χ1v) is 11.9. The molecule has 0 aliphatic heterocycles. The lowest BCUT2D eigenvalue weighted by atomic mass is 10.0. The van der Waals surface area contributed by atoms with Crippen LogP contribution in [0.3, 0.4) is 0 Å². The van der Waals surface area contributed by atoms with Gasteiger partial charge in [0.05, 0.1) is 11.3 Å². The zero-order valence-electron chi connectivity index (χ0n) is 17.5. The molecule has 1 atom stereocenters. The fourth-order valence-electron chi connectivity index (χ4n) is 4.13. The molecule has 5 nitrogen and oxygen atoms in total. The predicted molar refractivity (Wildman–Crippen MR) is 122 cm³/mol. The number of para-hydroxylation sites is 1. The lowest BCUT2D eigenvalue weighted by Gasteiger charge is -2.20. The van der Waals surface area contributed by atoms with Crippen LogP contribution in [0, 0.1) is 6.92 Å². The highest BCUT2D eigenvalue weighted by Gasteiger charge is 2.28. The molecular weight excluding hydrogens is 408 g/mol. The molecule has 0 N–H and O–H groups in total. The molecule has 2 heterocycles. The molecule has 31 heavy (non-hydrogen) atoms. The molecule has 2 aromatic carbocycles. The third kappa shape index (κ3) is 3.91. The standard InChI is InChI=1S/C25H24N2O3S/c1-3-20(17-31(29,30)23-15-9-10-16-26-23)27-18(2)24(21-13-7-8-14-22(21)27)25(28)19-11-5-4-6-12-19/h4-16,20H,3,17H2,1-2H3. The molecule has 2 aromatic heterocycles. The average molecular weight is 433 g/mol. The third-order valence-electron chi connectivity index (χ3n) is 5.62. The number of hydrogen-bond donors (Lipinski definition) is 0. The molecule has 0 spiro atoms. The first kappa shape index (κ1) is 21.0. The Morgan fingerprint density at radius 2 is 1.65 bits per heavy atom. The summed E-state index contributed by atoms with van der Waals surface area (Å²) < 4.78 is 28.1. The van der Waals surface area contributed by atoms with Crippen LogP contribution in [0.25, 0.3) is 10.9 Å². The number of pyridine rings is 1. The number of fused-ring (bicyclic) bond motifs is 1. The van der Waals surface area contributed by atoms with Crippen LogP contribution in [-0.4, -0.2) is 29.5 Å². The number of ketones is 1. The smallest absolute Gasteiger partial charge is 0.197 e. The Morgan fingerprint density at radius 3 is 2.32 bits per heavy atom. The van der Waals surface area contributed by atoms with Gasteiger partial charge in [0.1, 0.15) is 0 Å². The van der Waals surface area contributed by atoms with E-state index in [0.29, 0.717) is 17.5 Å². The number of rotatable bonds is 7. The maximum Gasteiger partial charge on any atom is 0.197 e. The quantitative estimate of drug-likeness (QED) is 0.385. The molecule has 1 unspecified atom stereocenters. The van der Waals surface area contributed by atoms with E-state index in [1.807, 2.05) is 60.9 Å². The molecule has 0 saturated heterocycles. The van der Waals surface area contributed by atoms with Gasteiger partial charge >= 0.3 is 0 Å². The van der Waals surface area contributed by atoms with E-state index in [9.17, 15) is 13.2 Å². The summed E-state index contributed by atoms with van der Waals surface area (Å²) in [6.45, 7) is 3.86. The normalized spacial score (nSPS) is 12.7. The molecular formula is C25H24N2O3S. The molecule has 0 aliphatic carbocycles. The fourth-order valence-corrected chi connectivity index (χ4v) is 5.70. The molecule has 4 aromatic rings. The molecule has 0 bridgehead atoms. The van der Waals surface area contributed by atoms with E-state index >= 15 is 0 Å². The number of benzene rings is 2.